The standard InChI is InChI=1S/C8H3N2OPS.C7H2NO2PS/c11-12-5-1-9-6(8(12)7(5)12)4-2-13-3-10-4;9-11-5-4(3-1-12-2-8-3)10-7(11)6(5)11/h1-3H;1-2H. The average molecular weight is 401 g/mol. The fraction of sp³-hybridized carbons (Fsp3) is 0. The van der Waals surface area contributed by atoms with Crippen molar-refractivity contribution in [1.29, 1.82) is 0 Å². The van der Waals surface area contributed by atoms with E-state index < -0.39 is 14.3 Å². The molecule has 2 bridgehead atoms. The van der Waals surface area contributed by atoms with Crippen LogP contribution in [0.25, 0.3) is 11.5 Å². The Morgan fingerprint density at radius 3 is 2.12 bits per heavy atom. The molecule has 6 nitrogen and oxygen atoms in total. The number of aliphatic imine (C=N–C) groups is 1. The molecule has 25 heavy (non-hydrogen) atoms. The zero-order valence-electron chi connectivity index (χ0n) is 12.2. The largest absolute Gasteiger partial charge is 0.449 e. The minimum atomic E-state index is -2.04. The molecule has 10 heteroatoms. The maximum absolute atomic E-state index is 11.8. The van der Waals surface area contributed by atoms with Gasteiger partial charge in [-0.05, 0) is 0 Å². The van der Waals surface area contributed by atoms with Gasteiger partial charge in [-0.1, -0.05) is 0 Å². The zero-order valence-corrected chi connectivity index (χ0v) is 15.6. The fourth-order valence-electron chi connectivity index (χ4n) is 3.37. The molecule has 0 saturated carbocycles. The van der Waals surface area contributed by atoms with Crippen molar-refractivity contribution < 1.29 is 13.5 Å². The maximum atomic E-state index is 11.8. The third-order valence-corrected chi connectivity index (χ3v) is 11.3. The van der Waals surface area contributed by atoms with Crippen LogP contribution in [0.4, 0.5) is 0 Å². The van der Waals surface area contributed by atoms with E-state index in [9.17, 15) is 9.13 Å². The number of aromatic nitrogens is 2. The van der Waals surface area contributed by atoms with Crippen LogP contribution in [-0.4, -0.2) is 15.7 Å². The summed E-state index contributed by atoms with van der Waals surface area (Å²) in [6, 6.07) is 0. The average Bonchev–Trinajstić information content (AvgIpc) is 3.45. The SMILES string of the molecule is O=P12c3cnc(-c4cscn4)c1c32.O=P12c3oc(-c4cscn4)c1c32. The van der Waals surface area contributed by atoms with Crippen LogP contribution in [0, 0.1) is 0 Å². The molecule has 0 amide bonds. The first-order valence-electron chi connectivity index (χ1n) is 7.37. The Hall–Kier alpha value is -1.85. The number of fused-ring (bicyclic) bond motifs is 2. The van der Waals surface area contributed by atoms with Gasteiger partial charge in [0.1, 0.15) is 17.1 Å². The molecule has 0 spiro atoms. The van der Waals surface area contributed by atoms with Crippen molar-refractivity contribution in [2.75, 3.05) is 0 Å². The molecule has 0 aromatic carbocycles. The van der Waals surface area contributed by atoms with Crippen molar-refractivity contribution in [3.05, 3.63) is 49.6 Å². The Bertz CT molecular complexity index is 1330. The van der Waals surface area contributed by atoms with Crippen LogP contribution in [0.5, 0.6) is 0 Å². The summed E-state index contributed by atoms with van der Waals surface area (Å²) in [5.41, 5.74) is 6.81. The van der Waals surface area contributed by atoms with Crippen LogP contribution >= 0.6 is 37.0 Å². The molecule has 6 aliphatic rings. The molecule has 0 aliphatic carbocycles. The van der Waals surface area contributed by atoms with Crippen molar-refractivity contribution in [3.63, 3.8) is 0 Å². The molecule has 9 heterocycles. The van der Waals surface area contributed by atoms with E-state index in [1.54, 1.807) is 17.2 Å². The van der Waals surface area contributed by atoms with Crippen LogP contribution in [-0.2, 0) is 9.13 Å². The molecule has 1 fully saturated rings. The second-order valence-electron chi connectivity index (χ2n) is 6.09. The number of nitrogens with zero attached hydrogens (tertiary/aromatic N) is 3. The zero-order chi connectivity index (χ0) is 16.6. The highest BCUT2D eigenvalue weighted by molar-refractivity contribution is 8.06. The van der Waals surface area contributed by atoms with Gasteiger partial charge in [0.05, 0.1) is 32.3 Å². The van der Waals surface area contributed by atoms with Gasteiger partial charge < -0.3 is 13.5 Å². The second kappa shape index (κ2) is 3.79. The highest BCUT2D eigenvalue weighted by Gasteiger charge is 2.75. The molecule has 120 valence electrons. The van der Waals surface area contributed by atoms with Gasteiger partial charge in [0.25, 0.3) is 0 Å². The number of furan rings is 1. The fourth-order valence-corrected chi connectivity index (χ4v) is 9.59. The lowest BCUT2D eigenvalue weighted by molar-refractivity contribution is 0.590. The molecular formula is C15H5N3O3P2S2. The third kappa shape index (κ3) is 1.37. The van der Waals surface area contributed by atoms with Gasteiger partial charge in [-0.25, -0.2) is 9.97 Å². The molecule has 3 aromatic rings. The van der Waals surface area contributed by atoms with Gasteiger partial charge in [0.2, 0.25) is 7.14 Å². The summed E-state index contributed by atoms with van der Waals surface area (Å²) in [6.07, 6.45) is 1.73. The first kappa shape index (κ1) is 13.4. The molecule has 6 aliphatic heterocycles. The number of thiazole rings is 2. The lowest BCUT2D eigenvalue weighted by atomic mass is 10.2. The third-order valence-electron chi connectivity index (χ3n) is 4.87. The summed E-state index contributed by atoms with van der Waals surface area (Å²) >= 11 is 3.06. The molecule has 9 rings (SSSR count). The minimum absolute atomic E-state index is 0.750. The van der Waals surface area contributed by atoms with Gasteiger partial charge in [-0.3, -0.25) is 4.99 Å². The van der Waals surface area contributed by atoms with Crippen molar-refractivity contribution in [3.8, 4) is 11.5 Å². The molecule has 2 unspecified atom stereocenters. The van der Waals surface area contributed by atoms with E-state index in [0.29, 0.717) is 0 Å². The highest BCUT2D eigenvalue weighted by Crippen LogP contribution is 3.02. The van der Waals surface area contributed by atoms with Gasteiger partial charge >= 0.3 is 0 Å². The summed E-state index contributed by atoms with van der Waals surface area (Å²) in [4.78, 5) is 12.5. The van der Waals surface area contributed by atoms with Crippen LogP contribution in [0.15, 0.2) is 53.3 Å². The molecule has 2 atom stereocenters. The Morgan fingerprint density at radius 1 is 0.920 bits per heavy atom. The lowest BCUT2D eigenvalue weighted by Gasteiger charge is -2.03. The van der Waals surface area contributed by atoms with E-state index in [1.807, 2.05) is 10.8 Å². The minimum Gasteiger partial charge on any atom is -0.449 e. The molecule has 1 saturated heterocycles. The quantitative estimate of drug-likeness (QED) is 0.425. The van der Waals surface area contributed by atoms with E-state index in [4.69, 9.17) is 4.42 Å². The van der Waals surface area contributed by atoms with Gasteiger partial charge in [-0.2, -0.15) is 0 Å². The molecule has 0 N–H and O–H groups in total. The predicted molar refractivity (Wildman–Crippen MR) is 97.7 cm³/mol. The van der Waals surface area contributed by atoms with E-state index >= 15 is 0 Å². The Kier molecular flexibility index (Phi) is 2.02. The van der Waals surface area contributed by atoms with Crippen molar-refractivity contribution >= 4 is 58.8 Å². The Morgan fingerprint density at radius 2 is 1.60 bits per heavy atom. The summed E-state index contributed by atoms with van der Waals surface area (Å²) in [5.74, 6) is 0.754. The lowest BCUT2D eigenvalue weighted by Crippen LogP contribution is -2.02. The molecule has 3 aromatic heterocycles. The topological polar surface area (TPSA) is 85.4 Å². The first-order chi connectivity index (χ1) is 12.2. The van der Waals surface area contributed by atoms with E-state index in [-0.39, 0.29) is 0 Å². The van der Waals surface area contributed by atoms with Crippen LogP contribution in [0.3, 0.4) is 0 Å². The van der Waals surface area contributed by atoms with Crippen LogP contribution in [0.2, 0.25) is 0 Å². The van der Waals surface area contributed by atoms with E-state index in [0.717, 1.165) is 54.9 Å². The second-order valence-corrected chi connectivity index (χ2v) is 12.6. The van der Waals surface area contributed by atoms with E-state index in [1.165, 1.54) is 22.7 Å². The summed E-state index contributed by atoms with van der Waals surface area (Å²) < 4.78 is 28.7. The van der Waals surface area contributed by atoms with Crippen LogP contribution in [0.1, 0.15) is 5.69 Å². The van der Waals surface area contributed by atoms with Crippen LogP contribution < -0.4 is 16.1 Å². The number of allylic oxidation sites excluding steroid dienone is 3. The molecule has 0 radical (unpaired) electrons. The monoisotopic (exact) mass is 401 g/mol. The number of rotatable bonds is 2. The van der Waals surface area contributed by atoms with Gasteiger partial charge in [0.15, 0.2) is 18.4 Å². The summed E-state index contributed by atoms with van der Waals surface area (Å²) in [6.45, 7) is 0. The summed E-state index contributed by atoms with van der Waals surface area (Å²) in [7, 11) is -4.04. The Balaban J connectivity index is 0.0000000964. The highest BCUT2D eigenvalue weighted by atomic mass is 32.1. The van der Waals surface area contributed by atoms with Crippen molar-refractivity contribution in [2.45, 2.75) is 0 Å². The maximum Gasteiger partial charge on any atom is 0.214 e. The molecular weight excluding hydrogens is 396 g/mol. The van der Waals surface area contributed by atoms with Gasteiger partial charge in [-0.15, -0.1) is 22.7 Å². The number of hydrogen-bond donors (Lipinski definition) is 0. The van der Waals surface area contributed by atoms with Gasteiger partial charge in [0, 0.05) is 22.3 Å². The Labute approximate surface area is 148 Å². The van der Waals surface area contributed by atoms with Crippen molar-refractivity contribution in [1.82, 2.24) is 9.97 Å². The van der Waals surface area contributed by atoms with Crippen molar-refractivity contribution in [2.24, 2.45) is 4.99 Å². The predicted octanol–water partition coefficient (Wildman–Crippen LogP) is 3.06. The smallest absolute Gasteiger partial charge is 0.214 e. The summed E-state index contributed by atoms with van der Waals surface area (Å²) in [5, 5.41) is 8.91. The number of hydrogen-bond acceptors (Lipinski definition) is 8. The normalized spacial score (nSPS) is 29.8. The van der Waals surface area contributed by atoms with E-state index in [2.05, 4.69) is 15.0 Å². The first-order valence-corrected chi connectivity index (χ1v) is 12.7.